The van der Waals surface area contributed by atoms with Gasteiger partial charge in [-0.15, -0.1) is 0 Å². The van der Waals surface area contributed by atoms with Gasteiger partial charge in [-0.1, -0.05) is 26.0 Å². The first kappa shape index (κ1) is 17.6. The van der Waals surface area contributed by atoms with Gasteiger partial charge in [-0.05, 0) is 41.5 Å². The molecule has 4 nitrogen and oxygen atoms in total. The van der Waals surface area contributed by atoms with Crippen LogP contribution in [-0.2, 0) is 16.0 Å². The van der Waals surface area contributed by atoms with Crippen LogP contribution in [0.5, 0.6) is 0 Å². The van der Waals surface area contributed by atoms with E-state index < -0.39 is 11.4 Å². The second-order valence-electron chi connectivity index (χ2n) is 5.90. The first-order valence-corrected chi connectivity index (χ1v) is 8.31. The van der Waals surface area contributed by atoms with Crippen LogP contribution in [0.4, 0.5) is 5.69 Å². The van der Waals surface area contributed by atoms with E-state index in [0.29, 0.717) is 0 Å². The standard InChI is InChI=1S/C16H23NO3S/c1-16(2,11-15(19)20)10-14(18)17-13-6-4-12(5-7-13)8-9-21-3/h4-7H,8-11H2,1-3H3,(H,17,18)(H,19,20). The number of anilines is 1. The van der Waals surface area contributed by atoms with Gasteiger partial charge in [0.1, 0.15) is 0 Å². The molecule has 1 amide bonds. The SMILES string of the molecule is CSCCc1ccc(NC(=O)CC(C)(C)CC(=O)O)cc1. The van der Waals surface area contributed by atoms with Gasteiger partial charge < -0.3 is 10.4 Å². The van der Waals surface area contributed by atoms with Crippen LogP contribution in [0.25, 0.3) is 0 Å². The Labute approximate surface area is 130 Å². The van der Waals surface area contributed by atoms with Crippen molar-refractivity contribution in [1.29, 1.82) is 0 Å². The fourth-order valence-electron chi connectivity index (χ4n) is 2.09. The minimum Gasteiger partial charge on any atom is -0.481 e. The molecule has 0 spiro atoms. The number of benzene rings is 1. The van der Waals surface area contributed by atoms with Gasteiger partial charge in [0.15, 0.2) is 0 Å². The van der Waals surface area contributed by atoms with Gasteiger partial charge in [0.2, 0.25) is 5.91 Å². The van der Waals surface area contributed by atoms with Crippen molar-refractivity contribution in [2.75, 3.05) is 17.3 Å². The maximum atomic E-state index is 12.0. The van der Waals surface area contributed by atoms with Crippen molar-refractivity contribution in [2.24, 2.45) is 5.41 Å². The Balaban J connectivity index is 2.52. The van der Waals surface area contributed by atoms with Crippen LogP contribution in [0.15, 0.2) is 24.3 Å². The predicted octanol–water partition coefficient (Wildman–Crippen LogP) is 3.42. The number of aliphatic carboxylic acids is 1. The van der Waals surface area contributed by atoms with E-state index in [9.17, 15) is 9.59 Å². The number of carbonyl (C=O) groups excluding carboxylic acids is 1. The van der Waals surface area contributed by atoms with Crippen molar-refractivity contribution in [3.05, 3.63) is 29.8 Å². The minimum atomic E-state index is -0.883. The Bertz CT molecular complexity index is 483. The maximum absolute atomic E-state index is 12.0. The summed E-state index contributed by atoms with van der Waals surface area (Å²) in [5, 5.41) is 11.6. The quantitative estimate of drug-likeness (QED) is 0.772. The Morgan fingerprint density at radius 3 is 2.33 bits per heavy atom. The van der Waals surface area contributed by atoms with E-state index in [4.69, 9.17) is 5.11 Å². The highest BCUT2D eigenvalue weighted by molar-refractivity contribution is 7.98. The third kappa shape index (κ3) is 7.18. The molecule has 21 heavy (non-hydrogen) atoms. The number of aryl methyl sites for hydroxylation is 1. The Hall–Kier alpha value is -1.49. The molecular weight excluding hydrogens is 286 g/mol. The van der Waals surface area contributed by atoms with Crippen LogP contribution in [0, 0.1) is 5.41 Å². The van der Waals surface area contributed by atoms with Crippen LogP contribution < -0.4 is 5.32 Å². The van der Waals surface area contributed by atoms with Crippen LogP contribution in [-0.4, -0.2) is 29.0 Å². The number of rotatable bonds is 8. The fourth-order valence-corrected chi connectivity index (χ4v) is 2.53. The van der Waals surface area contributed by atoms with Crippen molar-refractivity contribution in [3.63, 3.8) is 0 Å². The number of amides is 1. The summed E-state index contributed by atoms with van der Waals surface area (Å²) in [5.74, 6) is 0.0405. The first-order chi connectivity index (χ1) is 9.82. The lowest BCUT2D eigenvalue weighted by atomic mass is 9.85. The molecular formula is C16H23NO3S. The molecule has 1 aromatic carbocycles. The summed E-state index contributed by atoms with van der Waals surface area (Å²) in [5.41, 5.74) is 1.45. The number of thioether (sulfide) groups is 1. The largest absolute Gasteiger partial charge is 0.481 e. The zero-order valence-corrected chi connectivity index (χ0v) is 13.6. The summed E-state index contributed by atoms with van der Waals surface area (Å²) in [6.07, 6.45) is 3.26. The molecule has 0 radical (unpaired) electrons. The lowest BCUT2D eigenvalue weighted by Crippen LogP contribution is -2.24. The second-order valence-corrected chi connectivity index (χ2v) is 6.89. The molecule has 0 aliphatic rings. The average Bonchev–Trinajstić information content (AvgIpc) is 2.35. The zero-order valence-electron chi connectivity index (χ0n) is 12.8. The highest BCUT2D eigenvalue weighted by Gasteiger charge is 2.25. The normalized spacial score (nSPS) is 11.2. The lowest BCUT2D eigenvalue weighted by Gasteiger charge is -2.21. The molecule has 2 N–H and O–H groups in total. The molecule has 0 aliphatic heterocycles. The van der Waals surface area contributed by atoms with Crippen molar-refractivity contribution < 1.29 is 14.7 Å². The van der Waals surface area contributed by atoms with Crippen molar-refractivity contribution in [3.8, 4) is 0 Å². The van der Waals surface area contributed by atoms with Gasteiger partial charge in [-0.3, -0.25) is 9.59 Å². The number of hydrogen-bond acceptors (Lipinski definition) is 3. The number of carboxylic acids is 1. The summed E-state index contributed by atoms with van der Waals surface area (Å²) in [6, 6.07) is 7.79. The van der Waals surface area contributed by atoms with Crippen molar-refractivity contribution in [2.45, 2.75) is 33.1 Å². The maximum Gasteiger partial charge on any atom is 0.303 e. The van der Waals surface area contributed by atoms with Gasteiger partial charge in [0, 0.05) is 12.1 Å². The number of carboxylic acid groups (broad SMARTS) is 1. The molecule has 0 aliphatic carbocycles. The molecule has 0 bridgehead atoms. The molecule has 0 aromatic heterocycles. The zero-order chi connectivity index (χ0) is 15.9. The van der Waals surface area contributed by atoms with E-state index in [1.54, 1.807) is 25.6 Å². The van der Waals surface area contributed by atoms with E-state index in [-0.39, 0.29) is 18.7 Å². The third-order valence-corrected chi connectivity index (χ3v) is 3.71. The molecule has 0 saturated carbocycles. The summed E-state index contributed by atoms with van der Waals surface area (Å²) in [7, 11) is 0. The fraction of sp³-hybridized carbons (Fsp3) is 0.500. The Kier molecular flexibility index (Phi) is 6.75. The summed E-state index contributed by atoms with van der Waals surface area (Å²) >= 11 is 1.80. The van der Waals surface area contributed by atoms with Crippen LogP contribution in [0.3, 0.4) is 0 Å². The summed E-state index contributed by atoms with van der Waals surface area (Å²) in [4.78, 5) is 22.7. The molecule has 0 heterocycles. The highest BCUT2D eigenvalue weighted by atomic mass is 32.2. The predicted molar refractivity (Wildman–Crippen MR) is 87.8 cm³/mol. The number of carbonyl (C=O) groups is 2. The lowest BCUT2D eigenvalue weighted by molar-refractivity contribution is -0.139. The van der Waals surface area contributed by atoms with Gasteiger partial charge in [-0.25, -0.2) is 0 Å². The third-order valence-electron chi connectivity index (χ3n) is 3.10. The molecule has 0 atom stereocenters. The van der Waals surface area contributed by atoms with Gasteiger partial charge in [0.25, 0.3) is 0 Å². The van der Waals surface area contributed by atoms with Crippen molar-refractivity contribution in [1.82, 2.24) is 0 Å². The van der Waals surface area contributed by atoms with Gasteiger partial charge >= 0.3 is 5.97 Å². The summed E-state index contributed by atoms with van der Waals surface area (Å²) in [6.45, 7) is 3.57. The monoisotopic (exact) mass is 309 g/mol. The Morgan fingerprint density at radius 1 is 1.19 bits per heavy atom. The van der Waals surface area contributed by atoms with Crippen molar-refractivity contribution >= 4 is 29.3 Å². The first-order valence-electron chi connectivity index (χ1n) is 6.92. The van der Waals surface area contributed by atoms with E-state index in [0.717, 1.165) is 17.9 Å². The minimum absolute atomic E-state index is 0.0198. The topological polar surface area (TPSA) is 66.4 Å². The van der Waals surface area contributed by atoms with Crippen LogP contribution >= 0.6 is 11.8 Å². The second kappa shape index (κ2) is 8.08. The molecule has 0 fully saturated rings. The van der Waals surface area contributed by atoms with E-state index in [1.807, 2.05) is 24.3 Å². The van der Waals surface area contributed by atoms with E-state index in [2.05, 4.69) is 11.6 Å². The molecule has 0 saturated heterocycles. The smallest absolute Gasteiger partial charge is 0.303 e. The molecule has 5 heteroatoms. The molecule has 116 valence electrons. The highest BCUT2D eigenvalue weighted by Crippen LogP contribution is 2.25. The average molecular weight is 309 g/mol. The Morgan fingerprint density at radius 2 is 1.81 bits per heavy atom. The van der Waals surface area contributed by atoms with Gasteiger partial charge in [0.05, 0.1) is 6.42 Å². The van der Waals surface area contributed by atoms with Crippen LogP contribution in [0.2, 0.25) is 0 Å². The number of hydrogen-bond donors (Lipinski definition) is 2. The van der Waals surface area contributed by atoms with Gasteiger partial charge in [-0.2, -0.15) is 11.8 Å². The molecule has 0 unspecified atom stereocenters. The van der Waals surface area contributed by atoms with Crippen LogP contribution in [0.1, 0.15) is 32.3 Å². The van der Waals surface area contributed by atoms with E-state index in [1.165, 1.54) is 5.56 Å². The molecule has 1 aromatic rings. The number of nitrogens with one attached hydrogen (secondary N) is 1. The molecule has 1 rings (SSSR count). The summed E-state index contributed by atoms with van der Waals surface area (Å²) < 4.78 is 0. The van der Waals surface area contributed by atoms with E-state index >= 15 is 0 Å².